The fourth-order valence-electron chi connectivity index (χ4n) is 2.79. The van der Waals surface area contributed by atoms with Crippen molar-refractivity contribution in [3.63, 3.8) is 0 Å². The van der Waals surface area contributed by atoms with Gasteiger partial charge in [0.2, 0.25) is 5.91 Å². The molecule has 1 N–H and O–H groups in total. The van der Waals surface area contributed by atoms with E-state index >= 15 is 0 Å². The van der Waals surface area contributed by atoms with Gasteiger partial charge in [-0.05, 0) is 29.8 Å². The number of hydrogen-bond donors (Lipinski definition) is 1. The first-order valence-electron chi connectivity index (χ1n) is 8.73. The number of benzene rings is 2. The Labute approximate surface area is 165 Å². The zero-order valence-corrected chi connectivity index (χ0v) is 15.7. The third-order valence-corrected chi connectivity index (χ3v) is 5.08. The van der Waals surface area contributed by atoms with Gasteiger partial charge in [-0.25, -0.2) is 14.1 Å². The molecule has 0 bridgehead atoms. The summed E-state index contributed by atoms with van der Waals surface area (Å²) in [5.41, 5.74) is 2.61. The molecule has 4 aromatic rings. The Hall–Kier alpha value is -3.32. The molecule has 0 aliphatic rings. The van der Waals surface area contributed by atoms with E-state index in [1.54, 1.807) is 29.1 Å². The van der Waals surface area contributed by atoms with Crippen LogP contribution in [-0.4, -0.2) is 20.7 Å². The number of halogens is 1. The first-order chi connectivity index (χ1) is 13.7. The standard InChI is InChI=1S/C21H17FN4OS/c22-17-8-6-16(7-9-17)21-24-18(14-28-21)12-20(27)25-19-10-11-23-26(19)13-15-4-2-1-3-5-15/h1-11,14H,12-13H2,(H,25,27). The van der Waals surface area contributed by atoms with Gasteiger partial charge >= 0.3 is 0 Å². The van der Waals surface area contributed by atoms with Crippen molar-refractivity contribution in [2.45, 2.75) is 13.0 Å². The maximum Gasteiger partial charge on any atom is 0.231 e. The van der Waals surface area contributed by atoms with E-state index in [2.05, 4.69) is 15.4 Å². The molecule has 0 fully saturated rings. The van der Waals surface area contributed by atoms with Gasteiger partial charge in [0, 0.05) is 17.0 Å². The normalized spacial score (nSPS) is 10.8. The second-order valence-electron chi connectivity index (χ2n) is 6.24. The Bertz CT molecular complexity index is 1070. The summed E-state index contributed by atoms with van der Waals surface area (Å²) in [7, 11) is 0. The number of amides is 1. The average molecular weight is 392 g/mol. The third-order valence-electron chi connectivity index (χ3n) is 4.14. The van der Waals surface area contributed by atoms with E-state index in [1.165, 1.54) is 23.5 Å². The van der Waals surface area contributed by atoms with Crippen LogP contribution < -0.4 is 5.32 Å². The molecule has 1 amide bonds. The molecule has 4 rings (SSSR count). The number of carbonyl (C=O) groups excluding carboxylic acids is 1. The van der Waals surface area contributed by atoms with Crippen molar-refractivity contribution < 1.29 is 9.18 Å². The molecule has 0 atom stereocenters. The number of nitrogens with one attached hydrogen (secondary N) is 1. The molecule has 0 saturated heterocycles. The van der Waals surface area contributed by atoms with E-state index in [0.717, 1.165) is 16.1 Å². The second-order valence-corrected chi connectivity index (χ2v) is 7.09. The fourth-order valence-corrected chi connectivity index (χ4v) is 3.61. The topological polar surface area (TPSA) is 59.8 Å². The van der Waals surface area contributed by atoms with Gasteiger partial charge < -0.3 is 5.32 Å². The van der Waals surface area contributed by atoms with E-state index in [9.17, 15) is 9.18 Å². The van der Waals surface area contributed by atoms with Gasteiger partial charge in [-0.2, -0.15) is 5.10 Å². The molecule has 2 aromatic heterocycles. The second kappa shape index (κ2) is 8.14. The summed E-state index contributed by atoms with van der Waals surface area (Å²) >= 11 is 1.43. The van der Waals surface area contributed by atoms with Crippen LogP contribution in [0.4, 0.5) is 10.2 Å². The minimum Gasteiger partial charge on any atom is -0.311 e. The summed E-state index contributed by atoms with van der Waals surface area (Å²) in [6.07, 6.45) is 1.82. The highest BCUT2D eigenvalue weighted by Gasteiger charge is 2.12. The fraction of sp³-hybridized carbons (Fsp3) is 0.0952. The molecule has 0 aliphatic carbocycles. The van der Waals surface area contributed by atoms with Crippen LogP contribution in [0.5, 0.6) is 0 Å². The lowest BCUT2D eigenvalue weighted by Gasteiger charge is -2.08. The Balaban J connectivity index is 1.40. The largest absolute Gasteiger partial charge is 0.311 e. The third kappa shape index (κ3) is 4.32. The highest BCUT2D eigenvalue weighted by Crippen LogP contribution is 2.24. The average Bonchev–Trinajstić information content (AvgIpc) is 3.33. The van der Waals surface area contributed by atoms with Crippen LogP contribution in [0.25, 0.3) is 10.6 Å². The number of carbonyl (C=O) groups is 1. The summed E-state index contributed by atoms with van der Waals surface area (Å²) in [6, 6.07) is 17.9. The molecule has 0 aliphatic heterocycles. The smallest absolute Gasteiger partial charge is 0.231 e. The molecule has 7 heteroatoms. The predicted octanol–water partition coefficient (Wildman–Crippen LogP) is 4.38. The van der Waals surface area contributed by atoms with Gasteiger partial charge in [0.15, 0.2) is 0 Å². The zero-order chi connectivity index (χ0) is 19.3. The van der Waals surface area contributed by atoms with Gasteiger partial charge in [-0.15, -0.1) is 11.3 Å². The lowest BCUT2D eigenvalue weighted by atomic mass is 10.2. The van der Waals surface area contributed by atoms with Gasteiger partial charge in [-0.1, -0.05) is 30.3 Å². The SMILES string of the molecule is O=C(Cc1csc(-c2ccc(F)cc2)n1)Nc1ccnn1Cc1ccccc1. The molecular weight excluding hydrogens is 375 g/mol. The van der Waals surface area contributed by atoms with Crippen molar-refractivity contribution in [3.8, 4) is 10.6 Å². The van der Waals surface area contributed by atoms with Gasteiger partial charge in [-0.3, -0.25) is 4.79 Å². The number of hydrogen-bond acceptors (Lipinski definition) is 4. The Morgan fingerprint density at radius 2 is 1.86 bits per heavy atom. The first kappa shape index (κ1) is 18.1. The van der Waals surface area contributed by atoms with Crippen molar-refractivity contribution >= 4 is 23.1 Å². The number of nitrogens with zero attached hydrogens (tertiary/aromatic N) is 3. The van der Waals surface area contributed by atoms with Crippen LogP contribution in [0, 0.1) is 5.82 Å². The predicted molar refractivity (Wildman–Crippen MR) is 108 cm³/mol. The monoisotopic (exact) mass is 392 g/mol. The molecule has 0 saturated carbocycles. The molecule has 28 heavy (non-hydrogen) atoms. The summed E-state index contributed by atoms with van der Waals surface area (Å²) in [5, 5.41) is 9.78. The van der Waals surface area contributed by atoms with Crippen molar-refractivity contribution in [3.05, 3.63) is 89.3 Å². The van der Waals surface area contributed by atoms with Crippen LogP contribution >= 0.6 is 11.3 Å². The zero-order valence-electron chi connectivity index (χ0n) is 14.9. The summed E-state index contributed by atoms with van der Waals surface area (Å²) in [6.45, 7) is 0.578. The van der Waals surface area contributed by atoms with Gasteiger partial charge in [0.05, 0.1) is 24.9 Å². The van der Waals surface area contributed by atoms with E-state index in [1.807, 2.05) is 35.7 Å². The van der Waals surface area contributed by atoms with Crippen LogP contribution in [0.15, 0.2) is 72.2 Å². The quantitative estimate of drug-likeness (QED) is 0.530. The highest BCUT2D eigenvalue weighted by atomic mass is 32.1. The highest BCUT2D eigenvalue weighted by molar-refractivity contribution is 7.13. The van der Waals surface area contributed by atoms with Crippen LogP contribution in [0.1, 0.15) is 11.3 Å². The Morgan fingerprint density at radius 1 is 1.07 bits per heavy atom. The molecular formula is C21H17FN4OS. The number of thiazole rings is 1. The Morgan fingerprint density at radius 3 is 2.64 bits per heavy atom. The van der Waals surface area contributed by atoms with Gasteiger partial charge in [0.1, 0.15) is 16.6 Å². The number of rotatable bonds is 6. The molecule has 5 nitrogen and oxygen atoms in total. The molecule has 140 valence electrons. The number of aromatic nitrogens is 3. The molecule has 2 aromatic carbocycles. The minimum atomic E-state index is -0.285. The maximum absolute atomic E-state index is 13.1. The molecule has 0 spiro atoms. The summed E-state index contributed by atoms with van der Waals surface area (Å²) < 4.78 is 14.8. The van der Waals surface area contributed by atoms with Crippen molar-refractivity contribution in [1.82, 2.24) is 14.8 Å². The van der Waals surface area contributed by atoms with E-state index in [4.69, 9.17) is 0 Å². The Kier molecular flexibility index (Phi) is 5.25. The summed E-state index contributed by atoms with van der Waals surface area (Å²) in [4.78, 5) is 16.9. The summed E-state index contributed by atoms with van der Waals surface area (Å²) in [5.74, 6) is 0.195. The molecule has 2 heterocycles. The van der Waals surface area contributed by atoms with Crippen molar-refractivity contribution in [2.24, 2.45) is 0 Å². The van der Waals surface area contributed by atoms with Crippen molar-refractivity contribution in [1.29, 1.82) is 0 Å². The van der Waals surface area contributed by atoms with Crippen LogP contribution in [0.3, 0.4) is 0 Å². The van der Waals surface area contributed by atoms with E-state index in [0.29, 0.717) is 18.1 Å². The lowest BCUT2D eigenvalue weighted by Crippen LogP contribution is -2.18. The van der Waals surface area contributed by atoms with Gasteiger partial charge in [0.25, 0.3) is 0 Å². The van der Waals surface area contributed by atoms with Crippen LogP contribution in [0.2, 0.25) is 0 Å². The van der Waals surface area contributed by atoms with Crippen LogP contribution in [-0.2, 0) is 17.8 Å². The van der Waals surface area contributed by atoms with E-state index in [-0.39, 0.29) is 18.1 Å². The molecule has 0 unspecified atom stereocenters. The minimum absolute atomic E-state index is 0.161. The maximum atomic E-state index is 13.1. The lowest BCUT2D eigenvalue weighted by molar-refractivity contribution is -0.115. The first-order valence-corrected chi connectivity index (χ1v) is 9.61. The van der Waals surface area contributed by atoms with E-state index < -0.39 is 0 Å². The number of anilines is 1. The molecule has 0 radical (unpaired) electrons. The van der Waals surface area contributed by atoms with Crippen molar-refractivity contribution in [2.75, 3.05) is 5.32 Å².